The lowest BCUT2D eigenvalue weighted by atomic mass is 10.1. The number of aromatic nitrogens is 2. The molecule has 0 bridgehead atoms. The Morgan fingerprint density at radius 1 is 0.962 bits per heavy atom. The van der Waals surface area contributed by atoms with Gasteiger partial charge in [-0.25, -0.2) is 4.98 Å². The second kappa shape index (κ2) is 6.72. The van der Waals surface area contributed by atoms with Crippen molar-refractivity contribution in [3.05, 3.63) is 78.8 Å². The molecule has 0 saturated heterocycles. The maximum atomic E-state index is 6.05. The number of rotatable bonds is 4. The van der Waals surface area contributed by atoms with Gasteiger partial charge in [-0.15, -0.1) is 0 Å². The van der Waals surface area contributed by atoms with Crippen LogP contribution in [0.2, 0.25) is 0 Å². The van der Waals surface area contributed by atoms with Gasteiger partial charge < -0.3 is 15.8 Å². The van der Waals surface area contributed by atoms with E-state index < -0.39 is 0 Å². The van der Waals surface area contributed by atoms with Crippen LogP contribution in [0.5, 0.6) is 11.5 Å². The molecule has 4 aromatic rings. The molecule has 0 spiro atoms. The van der Waals surface area contributed by atoms with Crippen molar-refractivity contribution in [2.75, 3.05) is 11.1 Å². The minimum Gasteiger partial charge on any atom is -0.457 e. The summed E-state index contributed by atoms with van der Waals surface area (Å²) in [4.78, 5) is 8.32. The molecule has 2 heterocycles. The number of nitrogens with zero attached hydrogens (tertiary/aromatic N) is 2. The summed E-state index contributed by atoms with van der Waals surface area (Å²) in [7, 11) is 0. The number of ether oxygens (including phenoxy) is 1. The smallest absolute Gasteiger partial charge is 0.135 e. The molecule has 4 rings (SSSR count). The molecule has 0 aliphatic carbocycles. The molecule has 0 unspecified atom stereocenters. The van der Waals surface area contributed by atoms with E-state index in [1.165, 1.54) is 0 Å². The summed E-state index contributed by atoms with van der Waals surface area (Å²) in [6.07, 6.45) is 3.60. The predicted molar refractivity (Wildman–Crippen MR) is 105 cm³/mol. The first kappa shape index (κ1) is 15.9. The maximum Gasteiger partial charge on any atom is 0.135 e. The Balaban J connectivity index is 1.54. The Morgan fingerprint density at radius 2 is 1.81 bits per heavy atom. The highest BCUT2D eigenvalue weighted by molar-refractivity contribution is 5.87. The van der Waals surface area contributed by atoms with Crippen LogP contribution >= 0.6 is 0 Å². The van der Waals surface area contributed by atoms with Gasteiger partial charge in [0.05, 0.1) is 0 Å². The van der Waals surface area contributed by atoms with E-state index in [1.807, 2.05) is 73.8 Å². The summed E-state index contributed by atoms with van der Waals surface area (Å²) in [6, 6.07) is 19.4. The highest BCUT2D eigenvalue weighted by Crippen LogP contribution is 2.30. The Bertz CT molecular complexity index is 1040. The molecular formula is C21H18N4O. The Labute approximate surface area is 151 Å². The monoisotopic (exact) mass is 342 g/mol. The van der Waals surface area contributed by atoms with Gasteiger partial charge in [-0.2, -0.15) is 0 Å². The first-order chi connectivity index (χ1) is 12.7. The minimum absolute atomic E-state index is 0.498. The molecule has 5 heteroatoms. The van der Waals surface area contributed by atoms with Gasteiger partial charge in [-0.3, -0.25) is 4.98 Å². The topological polar surface area (TPSA) is 73.1 Å². The van der Waals surface area contributed by atoms with Crippen LogP contribution in [0.15, 0.2) is 73.1 Å². The minimum atomic E-state index is 0.498. The zero-order chi connectivity index (χ0) is 17.9. The third-order valence-electron chi connectivity index (χ3n) is 3.98. The van der Waals surface area contributed by atoms with Gasteiger partial charge in [-0.1, -0.05) is 12.1 Å². The summed E-state index contributed by atoms with van der Waals surface area (Å²) in [6.45, 7) is 1.91. The molecule has 5 nitrogen and oxygen atoms in total. The summed E-state index contributed by atoms with van der Waals surface area (Å²) >= 11 is 0. The molecular weight excluding hydrogens is 324 g/mol. The van der Waals surface area contributed by atoms with Gasteiger partial charge in [0.25, 0.3) is 0 Å². The zero-order valence-electron chi connectivity index (χ0n) is 14.3. The standard InChI is InChI=1S/C21H18N4O/c1-14-11-17(12-21(22)24-14)25-16-5-7-18(8-6-16)26-20-4-2-3-15-13-23-10-9-19(15)20/h2-13H,1H3,(H3,22,24,25). The number of nitrogens with two attached hydrogens (primary N) is 1. The molecule has 3 N–H and O–H groups in total. The van der Waals surface area contributed by atoms with Crippen molar-refractivity contribution in [1.29, 1.82) is 0 Å². The molecule has 2 aromatic carbocycles. The second-order valence-electron chi connectivity index (χ2n) is 6.03. The van der Waals surface area contributed by atoms with E-state index in [4.69, 9.17) is 10.5 Å². The van der Waals surface area contributed by atoms with Gasteiger partial charge in [0, 0.05) is 46.3 Å². The summed E-state index contributed by atoms with van der Waals surface area (Å²) in [5.74, 6) is 2.08. The van der Waals surface area contributed by atoms with E-state index in [-0.39, 0.29) is 0 Å². The van der Waals surface area contributed by atoms with Crippen molar-refractivity contribution in [3.63, 3.8) is 0 Å². The second-order valence-corrected chi connectivity index (χ2v) is 6.03. The molecule has 2 aromatic heterocycles. The van der Waals surface area contributed by atoms with Crippen molar-refractivity contribution in [2.24, 2.45) is 0 Å². The van der Waals surface area contributed by atoms with Crippen molar-refractivity contribution in [2.45, 2.75) is 6.92 Å². The first-order valence-electron chi connectivity index (χ1n) is 8.29. The van der Waals surface area contributed by atoms with Crippen molar-refractivity contribution < 1.29 is 4.74 Å². The summed E-state index contributed by atoms with van der Waals surface area (Å²) in [5.41, 5.74) is 8.52. The van der Waals surface area contributed by atoms with Crippen LogP contribution in [-0.4, -0.2) is 9.97 Å². The highest BCUT2D eigenvalue weighted by Gasteiger charge is 2.04. The lowest BCUT2D eigenvalue weighted by molar-refractivity contribution is 0.488. The molecule has 0 amide bonds. The van der Waals surface area contributed by atoms with Crippen LogP contribution in [0.4, 0.5) is 17.2 Å². The number of nitrogens with one attached hydrogen (secondary N) is 1. The zero-order valence-corrected chi connectivity index (χ0v) is 14.3. The number of hydrogen-bond donors (Lipinski definition) is 2. The normalized spacial score (nSPS) is 10.7. The summed E-state index contributed by atoms with van der Waals surface area (Å²) in [5, 5.41) is 5.41. The molecule has 0 atom stereocenters. The molecule has 128 valence electrons. The predicted octanol–water partition coefficient (Wildman–Crippen LogP) is 5.06. The van der Waals surface area contributed by atoms with Crippen molar-refractivity contribution in [1.82, 2.24) is 9.97 Å². The lowest BCUT2D eigenvalue weighted by Gasteiger charge is -2.11. The lowest BCUT2D eigenvalue weighted by Crippen LogP contribution is -1.96. The van der Waals surface area contributed by atoms with E-state index in [2.05, 4.69) is 15.3 Å². The number of benzene rings is 2. The van der Waals surface area contributed by atoms with E-state index in [0.29, 0.717) is 5.82 Å². The van der Waals surface area contributed by atoms with Crippen LogP contribution in [0, 0.1) is 6.92 Å². The van der Waals surface area contributed by atoms with Crippen LogP contribution in [0.25, 0.3) is 10.8 Å². The molecule has 26 heavy (non-hydrogen) atoms. The fraction of sp³-hybridized carbons (Fsp3) is 0.0476. The van der Waals surface area contributed by atoms with Gasteiger partial charge in [-0.05, 0) is 49.4 Å². The Kier molecular flexibility index (Phi) is 4.11. The third-order valence-corrected chi connectivity index (χ3v) is 3.98. The van der Waals surface area contributed by atoms with E-state index in [1.54, 1.807) is 6.20 Å². The molecule has 0 radical (unpaired) electrons. The third kappa shape index (κ3) is 3.42. The van der Waals surface area contributed by atoms with Gasteiger partial charge in [0.1, 0.15) is 17.3 Å². The van der Waals surface area contributed by atoms with Crippen LogP contribution in [0.1, 0.15) is 5.69 Å². The number of aryl methyl sites for hydroxylation is 1. The fourth-order valence-electron chi connectivity index (χ4n) is 2.85. The van der Waals surface area contributed by atoms with E-state index >= 15 is 0 Å². The number of hydrogen-bond acceptors (Lipinski definition) is 5. The molecule has 0 fully saturated rings. The van der Waals surface area contributed by atoms with Crippen LogP contribution < -0.4 is 15.8 Å². The maximum absolute atomic E-state index is 6.05. The average molecular weight is 342 g/mol. The highest BCUT2D eigenvalue weighted by atomic mass is 16.5. The number of pyridine rings is 2. The molecule has 0 saturated carbocycles. The first-order valence-corrected chi connectivity index (χ1v) is 8.29. The average Bonchev–Trinajstić information content (AvgIpc) is 2.63. The Morgan fingerprint density at radius 3 is 2.62 bits per heavy atom. The van der Waals surface area contributed by atoms with Crippen LogP contribution in [0.3, 0.4) is 0 Å². The van der Waals surface area contributed by atoms with Gasteiger partial charge in [0.2, 0.25) is 0 Å². The number of nitrogen functional groups attached to an aromatic ring is 1. The van der Waals surface area contributed by atoms with Crippen molar-refractivity contribution >= 4 is 28.0 Å². The van der Waals surface area contributed by atoms with Gasteiger partial charge >= 0.3 is 0 Å². The van der Waals surface area contributed by atoms with Crippen molar-refractivity contribution in [3.8, 4) is 11.5 Å². The summed E-state index contributed by atoms with van der Waals surface area (Å²) < 4.78 is 6.05. The quantitative estimate of drug-likeness (QED) is 0.542. The van der Waals surface area contributed by atoms with Gasteiger partial charge in [0.15, 0.2) is 0 Å². The van der Waals surface area contributed by atoms with Crippen LogP contribution in [-0.2, 0) is 0 Å². The molecule has 0 aliphatic heterocycles. The fourth-order valence-corrected chi connectivity index (χ4v) is 2.85. The van der Waals surface area contributed by atoms with E-state index in [9.17, 15) is 0 Å². The number of anilines is 3. The van der Waals surface area contributed by atoms with E-state index in [0.717, 1.165) is 39.3 Å². The SMILES string of the molecule is Cc1cc(Nc2ccc(Oc3cccc4cnccc34)cc2)cc(N)n1. The number of fused-ring (bicyclic) bond motifs is 1. The largest absolute Gasteiger partial charge is 0.457 e. The Hall–Kier alpha value is -3.60. The molecule has 0 aliphatic rings.